The first-order chi connectivity index (χ1) is 22.9. The average Bonchev–Trinajstić information content (AvgIpc) is 3.46. The van der Waals surface area contributed by atoms with Gasteiger partial charge in [0.15, 0.2) is 0 Å². The number of nitrogens with zero attached hydrogens (tertiary/aromatic N) is 1. The van der Waals surface area contributed by atoms with E-state index >= 15 is 0 Å². The highest BCUT2D eigenvalue weighted by Gasteiger charge is 2.36. The zero-order valence-electron chi connectivity index (χ0n) is 28.0. The first-order valence-electron chi connectivity index (χ1n) is 16.1. The van der Waals surface area contributed by atoms with Crippen LogP contribution in [0.5, 0.6) is 5.88 Å². The quantitative estimate of drug-likeness (QED) is 0.156. The zero-order chi connectivity index (χ0) is 35.2. The van der Waals surface area contributed by atoms with E-state index in [9.17, 15) is 28.8 Å². The third-order valence-electron chi connectivity index (χ3n) is 7.52. The highest BCUT2D eigenvalue weighted by atomic mass is 16.5. The van der Waals surface area contributed by atoms with E-state index in [0.29, 0.717) is 24.5 Å². The van der Waals surface area contributed by atoms with Gasteiger partial charge in [0.25, 0.3) is 5.91 Å². The van der Waals surface area contributed by atoms with Gasteiger partial charge in [-0.1, -0.05) is 50.2 Å². The van der Waals surface area contributed by atoms with E-state index in [1.54, 1.807) is 56.3 Å². The summed E-state index contributed by atoms with van der Waals surface area (Å²) in [4.78, 5) is 82.9. The molecule has 0 saturated carbocycles. The number of alkyl carbamates (subject to hydrolysis) is 1. The van der Waals surface area contributed by atoms with Crippen molar-refractivity contribution in [2.75, 3.05) is 13.7 Å². The Kier molecular flexibility index (Phi) is 14.3. The molecule has 3 rings (SSSR count). The van der Waals surface area contributed by atoms with Gasteiger partial charge in [0.05, 0.1) is 13.2 Å². The van der Waals surface area contributed by atoms with Crippen LogP contribution in [0.1, 0.15) is 58.2 Å². The van der Waals surface area contributed by atoms with Gasteiger partial charge in [-0.15, -0.1) is 0 Å². The van der Waals surface area contributed by atoms with Gasteiger partial charge in [0.1, 0.15) is 18.7 Å². The van der Waals surface area contributed by atoms with Gasteiger partial charge in [-0.2, -0.15) is 0 Å². The maximum Gasteiger partial charge on any atom is 0.408 e. The number of carbonyl (C=O) groups is 6. The van der Waals surface area contributed by atoms with E-state index in [-0.39, 0.29) is 43.7 Å². The lowest BCUT2D eigenvalue weighted by molar-refractivity contribution is -0.141. The van der Waals surface area contributed by atoms with Crippen molar-refractivity contribution >= 4 is 35.5 Å². The summed E-state index contributed by atoms with van der Waals surface area (Å²) in [5, 5.41) is 13.2. The molecule has 2 heterocycles. The lowest BCUT2D eigenvalue weighted by atomic mass is 9.94. The number of ether oxygens (including phenoxy) is 2. The standard InChI is InChI=1S/C34H46N6O8/c1-20(2)16-26(31(43)38-25(17-23-14-15-35-30(23)42)29(41)33(45)36-21(3)4)39-32(44)27(18-24-12-9-13-28(37-24)47-5)40-34(46)48-19-22-10-7-6-8-11-22/h6-13,20-21,23,25-27H,14-19H2,1-5H3,(H,35,42)(H,36,45)(H,38,43)(H,39,44)(H,40,46)/t23-,25-,26-,27?/m0/s1. The highest BCUT2D eigenvalue weighted by Crippen LogP contribution is 2.18. The fourth-order valence-corrected chi connectivity index (χ4v) is 5.14. The van der Waals surface area contributed by atoms with Gasteiger partial charge in [-0.25, -0.2) is 9.78 Å². The molecule has 14 heteroatoms. The fraction of sp³-hybridized carbons (Fsp3) is 0.500. The fourth-order valence-electron chi connectivity index (χ4n) is 5.14. The summed E-state index contributed by atoms with van der Waals surface area (Å²) in [7, 11) is 1.45. The van der Waals surface area contributed by atoms with Gasteiger partial charge in [0, 0.05) is 36.7 Å². The number of rotatable bonds is 17. The summed E-state index contributed by atoms with van der Waals surface area (Å²) < 4.78 is 10.5. The monoisotopic (exact) mass is 666 g/mol. The van der Waals surface area contributed by atoms with Crippen LogP contribution in [0.15, 0.2) is 48.5 Å². The molecule has 14 nitrogen and oxygen atoms in total. The Morgan fingerprint density at radius 3 is 2.19 bits per heavy atom. The van der Waals surface area contributed by atoms with E-state index in [1.165, 1.54) is 7.11 Å². The van der Waals surface area contributed by atoms with Crippen LogP contribution >= 0.6 is 0 Å². The first kappa shape index (κ1) is 37.4. The molecule has 1 saturated heterocycles. The Balaban J connectivity index is 1.81. The molecule has 1 aromatic heterocycles. The molecule has 1 unspecified atom stereocenters. The Morgan fingerprint density at radius 1 is 0.875 bits per heavy atom. The van der Waals surface area contributed by atoms with E-state index < -0.39 is 53.6 Å². The van der Waals surface area contributed by atoms with Gasteiger partial charge >= 0.3 is 6.09 Å². The van der Waals surface area contributed by atoms with Gasteiger partial charge in [-0.3, -0.25) is 24.0 Å². The topological polar surface area (TPSA) is 194 Å². The lowest BCUT2D eigenvalue weighted by Gasteiger charge is -2.26. The minimum Gasteiger partial charge on any atom is -0.481 e. The second kappa shape index (κ2) is 18.4. The van der Waals surface area contributed by atoms with Crippen LogP contribution in [-0.4, -0.2) is 78.3 Å². The summed E-state index contributed by atoms with van der Waals surface area (Å²) in [6.45, 7) is 7.49. The molecule has 5 N–H and O–H groups in total. The minimum atomic E-state index is -1.31. The summed E-state index contributed by atoms with van der Waals surface area (Å²) in [5.74, 6) is -3.80. The van der Waals surface area contributed by atoms with Gasteiger partial charge < -0.3 is 36.1 Å². The Morgan fingerprint density at radius 2 is 1.56 bits per heavy atom. The summed E-state index contributed by atoms with van der Waals surface area (Å²) >= 11 is 0. The van der Waals surface area contributed by atoms with Crippen LogP contribution < -0.4 is 31.3 Å². The normalized spacial score (nSPS) is 15.9. The number of aromatic nitrogens is 1. The predicted molar refractivity (Wildman–Crippen MR) is 175 cm³/mol. The number of pyridine rings is 1. The van der Waals surface area contributed by atoms with Gasteiger partial charge in [-0.05, 0) is 50.7 Å². The summed E-state index contributed by atoms with van der Waals surface area (Å²) in [6.07, 6.45) is -0.384. The second-order valence-corrected chi connectivity index (χ2v) is 12.4. The molecular formula is C34H46N6O8. The molecule has 0 spiro atoms. The Labute approximate surface area is 280 Å². The van der Waals surface area contributed by atoms with Crippen molar-refractivity contribution in [3.05, 3.63) is 59.8 Å². The number of nitrogens with one attached hydrogen (secondary N) is 5. The molecule has 5 amide bonds. The van der Waals surface area contributed by atoms with Crippen LogP contribution in [0.4, 0.5) is 4.79 Å². The molecule has 1 aliphatic heterocycles. The van der Waals surface area contributed by atoms with Crippen molar-refractivity contribution in [1.82, 2.24) is 31.6 Å². The number of ketones is 1. The summed E-state index contributed by atoms with van der Waals surface area (Å²) in [6, 6.07) is 10.0. The van der Waals surface area contributed by atoms with Crippen molar-refractivity contribution in [3.8, 4) is 5.88 Å². The van der Waals surface area contributed by atoms with E-state index in [2.05, 4.69) is 31.6 Å². The van der Waals surface area contributed by atoms with Crippen molar-refractivity contribution < 1.29 is 38.2 Å². The molecule has 0 radical (unpaired) electrons. The third-order valence-corrected chi connectivity index (χ3v) is 7.52. The Bertz CT molecular complexity index is 1430. The SMILES string of the molecule is COc1cccc(CC(NC(=O)OCc2ccccc2)C(=O)N[C@@H](CC(C)C)C(=O)N[C@@H](C[C@@H]2CCNC2=O)C(=O)C(=O)NC(C)C)n1. The number of carbonyl (C=O) groups excluding carboxylic acids is 6. The minimum absolute atomic E-state index is 0.0321. The molecule has 0 bridgehead atoms. The molecule has 1 fully saturated rings. The van der Waals surface area contributed by atoms with Crippen molar-refractivity contribution in [2.45, 2.75) is 84.2 Å². The molecule has 4 atom stereocenters. The smallest absolute Gasteiger partial charge is 0.408 e. The lowest BCUT2D eigenvalue weighted by Crippen LogP contribution is -2.58. The van der Waals surface area contributed by atoms with Crippen LogP contribution in [0.3, 0.4) is 0 Å². The zero-order valence-corrected chi connectivity index (χ0v) is 28.0. The third kappa shape index (κ3) is 12.0. The maximum atomic E-state index is 13.8. The van der Waals surface area contributed by atoms with Crippen LogP contribution in [0.2, 0.25) is 0 Å². The van der Waals surface area contributed by atoms with Crippen LogP contribution in [0, 0.1) is 11.8 Å². The van der Waals surface area contributed by atoms with E-state index in [4.69, 9.17) is 9.47 Å². The van der Waals surface area contributed by atoms with Crippen molar-refractivity contribution in [1.29, 1.82) is 0 Å². The maximum absolute atomic E-state index is 13.8. The average molecular weight is 667 g/mol. The number of benzene rings is 1. The van der Waals surface area contributed by atoms with Crippen LogP contribution in [-0.2, 0) is 41.7 Å². The number of hydrogen-bond acceptors (Lipinski definition) is 9. The second-order valence-electron chi connectivity index (χ2n) is 12.4. The predicted octanol–water partition coefficient (Wildman–Crippen LogP) is 1.56. The van der Waals surface area contributed by atoms with Crippen molar-refractivity contribution in [2.24, 2.45) is 11.8 Å². The highest BCUT2D eigenvalue weighted by molar-refractivity contribution is 6.38. The molecule has 2 aromatic rings. The first-order valence-corrected chi connectivity index (χ1v) is 16.1. The Hall–Kier alpha value is -5.01. The number of Topliss-reactive ketones (excluding diaryl/α,β-unsaturated/α-hetero) is 1. The number of methoxy groups -OCH3 is 1. The van der Waals surface area contributed by atoms with Gasteiger partial charge in [0.2, 0.25) is 29.4 Å². The molecule has 48 heavy (non-hydrogen) atoms. The van der Waals surface area contributed by atoms with Crippen LogP contribution in [0.25, 0.3) is 0 Å². The van der Waals surface area contributed by atoms with Crippen molar-refractivity contribution in [3.63, 3.8) is 0 Å². The molecule has 260 valence electrons. The number of amides is 5. The van der Waals surface area contributed by atoms with E-state index in [0.717, 1.165) is 5.56 Å². The number of hydrogen-bond donors (Lipinski definition) is 5. The molecule has 1 aromatic carbocycles. The largest absolute Gasteiger partial charge is 0.481 e. The molecule has 1 aliphatic rings. The van der Waals surface area contributed by atoms with E-state index in [1.807, 2.05) is 19.9 Å². The summed E-state index contributed by atoms with van der Waals surface area (Å²) in [5.41, 5.74) is 1.18. The molecule has 0 aliphatic carbocycles. The molecular weight excluding hydrogens is 620 g/mol.